The van der Waals surface area contributed by atoms with Crippen LogP contribution in [0.3, 0.4) is 0 Å². The number of hydrogen-bond acceptors (Lipinski definition) is 5. The maximum atomic E-state index is 11.5. The van der Waals surface area contributed by atoms with Crippen molar-refractivity contribution in [3.8, 4) is 11.3 Å². The highest BCUT2D eigenvalue weighted by molar-refractivity contribution is 6.31. The van der Waals surface area contributed by atoms with Gasteiger partial charge < -0.3 is 19.7 Å². The number of oxazole rings is 1. The highest BCUT2D eigenvalue weighted by Gasteiger charge is 2.23. The minimum Gasteiger partial charge on any atom is -0.474 e. The Morgan fingerprint density at radius 3 is 2.57 bits per heavy atom. The van der Waals surface area contributed by atoms with Crippen LogP contribution < -0.4 is 5.32 Å². The van der Waals surface area contributed by atoms with E-state index in [2.05, 4.69) is 10.3 Å². The van der Waals surface area contributed by atoms with E-state index in [-0.39, 0.29) is 0 Å². The second kappa shape index (κ2) is 8.42. The third kappa shape index (κ3) is 4.36. The lowest BCUT2D eigenvalue weighted by Crippen LogP contribution is -2.39. The molecule has 0 unspecified atom stereocenters. The number of benzene rings is 2. The molecule has 152 valence electrons. The van der Waals surface area contributed by atoms with Crippen molar-refractivity contribution in [2.24, 2.45) is 0 Å². The van der Waals surface area contributed by atoms with Gasteiger partial charge in [0.05, 0.1) is 6.20 Å². The van der Waals surface area contributed by atoms with Gasteiger partial charge in [0.2, 0.25) is 0 Å². The Morgan fingerprint density at radius 1 is 1.13 bits per heavy atom. The van der Waals surface area contributed by atoms with Gasteiger partial charge in [-0.25, -0.2) is 9.78 Å². The maximum Gasteiger partial charge on any atom is 0.394 e. The number of carboxylic acids is 1. The summed E-state index contributed by atoms with van der Waals surface area (Å²) in [6.45, 7) is 0.683. The average Bonchev–Trinajstić information content (AvgIpc) is 3.22. The second-order valence-corrected chi connectivity index (χ2v) is 7.21. The summed E-state index contributed by atoms with van der Waals surface area (Å²) in [5, 5.41) is 12.5. The molecule has 0 saturated carbocycles. The Kier molecular flexibility index (Phi) is 5.54. The lowest BCUT2D eigenvalue weighted by Gasteiger charge is -2.25. The first-order valence-corrected chi connectivity index (χ1v) is 9.68. The van der Waals surface area contributed by atoms with Gasteiger partial charge in [-0.2, -0.15) is 0 Å². The first kappa shape index (κ1) is 19.7. The second-order valence-electron chi connectivity index (χ2n) is 6.78. The number of amides is 1. The van der Waals surface area contributed by atoms with Gasteiger partial charge >= 0.3 is 11.9 Å². The van der Waals surface area contributed by atoms with Crippen molar-refractivity contribution in [3.05, 3.63) is 71.4 Å². The summed E-state index contributed by atoms with van der Waals surface area (Å²) in [6, 6.07) is 15.5. The summed E-state index contributed by atoms with van der Waals surface area (Å²) in [4.78, 5) is 27.9. The highest BCUT2D eigenvalue weighted by Crippen LogP contribution is 2.28. The minimum absolute atomic E-state index is 0.294. The number of hydrogen-bond donors (Lipinski definition) is 2. The molecule has 0 radical (unpaired) electrons. The van der Waals surface area contributed by atoms with Crippen molar-refractivity contribution in [3.63, 3.8) is 0 Å². The van der Waals surface area contributed by atoms with Gasteiger partial charge in [-0.05, 0) is 35.8 Å². The van der Waals surface area contributed by atoms with E-state index in [9.17, 15) is 9.59 Å². The molecule has 0 bridgehead atoms. The number of rotatable bonds is 4. The molecule has 0 saturated heterocycles. The van der Waals surface area contributed by atoms with Crippen LogP contribution in [0.25, 0.3) is 16.9 Å². The minimum atomic E-state index is -1.42. The van der Waals surface area contributed by atoms with E-state index < -0.39 is 11.9 Å². The Labute approximate surface area is 177 Å². The number of halogens is 1. The summed E-state index contributed by atoms with van der Waals surface area (Å²) in [5.41, 5.74) is 3.77. The van der Waals surface area contributed by atoms with Crippen LogP contribution in [-0.4, -0.2) is 40.0 Å². The zero-order valence-electron chi connectivity index (χ0n) is 15.8. The number of anilines is 2. The first-order valence-electron chi connectivity index (χ1n) is 9.30. The SMILES string of the molecule is O=C(O)C(=O)N1CC=C(c2ccc(-c3cnc(Nc4cccc(Cl)c4)o3)cc2)CC1. The Morgan fingerprint density at radius 2 is 1.90 bits per heavy atom. The van der Waals surface area contributed by atoms with Gasteiger partial charge in [0.15, 0.2) is 5.76 Å². The van der Waals surface area contributed by atoms with Crippen LogP contribution in [0, 0.1) is 0 Å². The fraction of sp³-hybridized carbons (Fsp3) is 0.136. The van der Waals surface area contributed by atoms with E-state index in [1.54, 1.807) is 18.3 Å². The van der Waals surface area contributed by atoms with Gasteiger partial charge in [-0.3, -0.25) is 4.79 Å². The largest absolute Gasteiger partial charge is 0.474 e. The van der Waals surface area contributed by atoms with E-state index in [4.69, 9.17) is 21.1 Å². The molecule has 0 aliphatic carbocycles. The molecular weight excluding hydrogens is 406 g/mol. The third-order valence-electron chi connectivity index (χ3n) is 4.80. The molecule has 1 aliphatic rings. The van der Waals surface area contributed by atoms with Crippen molar-refractivity contribution in [2.45, 2.75) is 6.42 Å². The molecule has 0 fully saturated rings. The van der Waals surface area contributed by atoms with E-state index in [1.807, 2.05) is 42.5 Å². The van der Waals surface area contributed by atoms with Crippen molar-refractivity contribution < 1.29 is 19.1 Å². The summed E-state index contributed by atoms with van der Waals surface area (Å²) in [6.07, 6.45) is 4.15. The number of carboxylic acid groups (broad SMARTS) is 1. The maximum absolute atomic E-state index is 11.5. The standard InChI is InChI=1S/C22H18ClN3O4/c23-17-2-1-3-18(12-17)25-22-24-13-19(30-22)16-6-4-14(5-7-16)15-8-10-26(11-9-15)20(27)21(28)29/h1-8,12-13H,9-11H2,(H,24,25)(H,28,29). The zero-order valence-corrected chi connectivity index (χ0v) is 16.6. The average molecular weight is 424 g/mol. The van der Waals surface area contributed by atoms with Gasteiger partial charge in [0.1, 0.15) is 0 Å². The molecule has 4 rings (SSSR count). The zero-order chi connectivity index (χ0) is 21.1. The summed E-state index contributed by atoms with van der Waals surface area (Å²) in [7, 11) is 0. The Balaban J connectivity index is 1.44. The number of aliphatic carboxylic acids is 1. The summed E-state index contributed by atoms with van der Waals surface area (Å²) >= 11 is 5.99. The lowest BCUT2D eigenvalue weighted by molar-refractivity contribution is -0.155. The number of carbonyl (C=O) groups is 2. The number of nitrogens with zero attached hydrogens (tertiary/aromatic N) is 2. The molecule has 1 amide bonds. The van der Waals surface area contributed by atoms with Crippen molar-refractivity contribution in [1.82, 2.24) is 9.88 Å². The monoisotopic (exact) mass is 423 g/mol. The molecule has 8 heteroatoms. The normalized spacial score (nSPS) is 13.6. The van der Waals surface area contributed by atoms with Crippen LogP contribution in [0.2, 0.25) is 5.02 Å². The molecule has 7 nitrogen and oxygen atoms in total. The van der Waals surface area contributed by atoms with Gasteiger partial charge in [-0.15, -0.1) is 0 Å². The van der Waals surface area contributed by atoms with E-state index in [0.29, 0.717) is 36.3 Å². The van der Waals surface area contributed by atoms with Crippen molar-refractivity contribution >= 4 is 40.8 Å². The van der Waals surface area contributed by atoms with Crippen LogP contribution in [0.15, 0.2) is 65.2 Å². The van der Waals surface area contributed by atoms with Crippen LogP contribution in [0.5, 0.6) is 0 Å². The van der Waals surface area contributed by atoms with E-state index in [0.717, 1.165) is 22.4 Å². The molecule has 1 aromatic heterocycles. The molecular formula is C22H18ClN3O4. The Hall–Kier alpha value is -3.58. The molecule has 0 atom stereocenters. The van der Waals surface area contributed by atoms with Gasteiger partial charge in [-0.1, -0.05) is 48.0 Å². The topological polar surface area (TPSA) is 95.7 Å². The van der Waals surface area contributed by atoms with E-state index >= 15 is 0 Å². The predicted octanol–water partition coefficient (Wildman–Crippen LogP) is 4.44. The summed E-state index contributed by atoms with van der Waals surface area (Å²) in [5.74, 6) is -1.66. The van der Waals surface area contributed by atoms with Crippen LogP contribution in [0.4, 0.5) is 11.7 Å². The van der Waals surface area contributed by atoms with Gasteiger partial charge in [0, 0.05) is 29.4 Å². The fourth-order valence-electron chi connectivity index (χ4n) is 3.25. The van der Waals surface area contributed by atoms with Crippen LogP contribution in [-0.2, 0) is 9.59 Å². The van der Waals surface area contributed by atoms with Crippen molar-refractivity contribution in [1.29, 1.82) is 0 Å². The molecule has 2 heterocycles. The number of aromatic nitrogens is 1. The molecule has 30 heavy (non-hydrogen) atoms. The summed E-state index contributed by atoms with van der Waals surface area (Å²) < 4.78 is 5.78. The number of carbonyl (C=O) groups excluding carboxylic acids is 1. The first-order chi connectivity index (χ1) is 14.5. The molecule has 2 aromatic carbocycles. The van der Waals surface area contributed by atoms with E-state index in [1.165, 1.54) is 4.90 Å². The molecule has 3 aromatic rings. The van der Waals surface area contributed by atoms with Crippen molar-refractivity contribution in [2.75, 3.05) is 18.4 Å². The Bertz CT molecular complexity index is 1120. The predicted molar refractivity (Wildman–Crippen MR) is 113 cm³/mol. The molecule has 2 N–H and O–H groups in total. The smallest absolute Gasteiger partial charge is 0.394 e. The number of nitrogens with one attached hydrogen (secondary N) is 1. The lowest BCUT2D eigenvalue weighted by atomic mass is 9.98. The molecule has 1 aliphatic heterocycles. The fourth-order valence-corrected chi connectivity index (χ4v) is 3.44. The molecule has 0 spiro atoms. The highest BCUT2D eigenvalue weighted by atomic mass is 35.5. The van der Waals surface area contributed by atoms with Gasteiger partial charge in [0.25, 0.3) is 6.01 Å². The third-order valence-corrected chi connectivity index (χ3v) is 5.04. The van der Waals surface area contributed by atoms with Crippen LogP contribution >= 0.6 is 11.6 Å². The van der Waals surface area contributed by atoms with Crippen LogP contribution in [0.1, 0.15) is 12.0 Å². The quantitative estimate of drug-likeness (QED) is 0.602.